The lowest BCUT2D eigenvalue weighted by Crippen LogP contribution is -1.88. The molecule has 1 aromatic carbocycles. The minimum absolute atomic E-state index is 0.737. The molecule has 2 heterocycles. The first-order chi connectivity index (χ1) is 8.66. The Morgan fingerprint density at radius 3 is 2.67 bits per heavy atom. The van der Waals surface area contributed by atoms with E-state index in [9.17, 15) is 0 Å². The van der Waals surface area contributed by atoms with Crippen molar-refractivity contribution in [2.75, 3.05) is 0 Å². The zero-order chi connectivity index (χ0) is 12.7. The van der Waals surface area contributed by atoms with Crippen LogP contribution in [-0.2, 0) is 0 Å². The molecule has 0 atom stereocenters. The van der Waals surface area contributed by atoms with Crippen molar-refractivity contribution in [3.05, 3.63) is 58.9 Å². The summed E-state index contributed by atoms with van der Waals surface area (Å²) >= 11 is 6.04. The van der Waals surface area contributed by atoms with Crippen molar-refractivity contribution < 1.29 is 0 Å². The van der Waals surface area contributed by atoms with Crippen molar-refractivity contribution in [1.82, 2.24) is 9.38 Å². The van der Waals surface area contributed by atoms with Crippen molar-refractivity contribution in [2.45, 2.75) is 13.8 Å². The molecular formula is C15H13ClN2. The lowest BCUT2D eigenvalue weighted by molar-refractivity contribution is 1.10. The molecule has 0 aliphatic carbocycles. The number of halogens is 1. The number of aromatic nitrogens is 2. The van der Waals surface area contributed by atoms with E-state index in [4.69, 9.17) is 16.6 Å². The zero-order valence-electron chi connectivity index (χ0n) is 10.3. The van der Waals surface area contributed by atoms with Gasteiger partial charge in [0.1, 0.15) is 5.65 Å². The summed E-state index contributed by atoms with van der Waals surface area (Å²) in [6, 6.07) is 11.9. The predicted octanol–water partition coefficient (Wildman–Crippen LogP) is 4.27. The summed E-state index contributed by atoms with van der Waals surface area (Å²) in [7, 11) is 0. The number of benzene rings is 1. The average molecular weight is 257 g/mol. The summed E-state index contributed by atoms with van der Waals surface area (Å²) in [5, 5.41) is 0.737. The van der Waals surface area contributed by atoms with Gasteiger partial charge in [-0.2, -0.15) is 0 Å². The van der Waals surface area contributed by atoms with Crippen molar-refractivity contribution >= 4 is 17.2 Å². The number of rotatable bonds is 1. The Kier molecular flexibility index (Phi) is 2.60. The summed E-state index contributed by atoms with van der Waals surface area (Å²) < 4.78 is 2.12. The SMILES string of the molecule is Cc1cccn2c(C)c(-c3cccc(Cl)c3)nc12. The monoisotopic (exact) mass is 256 g/mol. The third-order valence-electron chi connectivity index (χ3n) is 3.18. The third-order valence-corrected chi connectivity index (χ3v) is 3.42. The van der Waals surface area contributed by atoms with Gasteiger partial charge in [0, 0.05) is 22.5 Å². The van der Waals surface area contributed by atoms with Crippen LogP contribution in [0.5, 0.6) is 0 Å². The van der Waals surface area contributed by atoms with Gasteiger partial charge in [-0.25, -0.2) is 4.98 Å². The Labute approximate surface area is 111 Å². The summed E-state index contributed by atoms with van der Waals surface area (Å²) in [4.78, 5) is 4.73. The maximum Gasteiger partial charge on any atom is 0.140 e. The molecule has 0 N–H and O–H groups in total. The number of nitrogens with zero attached hydrogens (tertiary/aromatic N) is 2. The van der Waals surface area contributed by atoms with Gasteiger partial charge in [0.2, 0.25) is 0 Å². The van der Waals surface area contributed by atoms with Crippen LogP contribution in [0.4, 0.5) is 0 Å². The molecular weight excluding hydrogens is 244 g/mol. The summed E-state index contributed by atoms with van der Waals surface area (Å²) in [5.41, 5.74) is 5.37. The number of aryl methyl sites for hydroxylation is 2. The smallest absolute Gasteiger partial charge is 0.140 e. The Hall–Kier alpha value is -1.80. The highest BCUT2D eigenvalue weighted by Gasteiger charge is 2.11. The number of hydrogen-bond acceptors (Lipinski definition) is 1. The molecule has 2 aromatic heterocycles. The molecule has 3 rings (SSSR count). The van der Waals surface area contributed by atoms with Gasteiger partial charge in [0.25, 0.3) is 0 Å². The van der Waals surface area contributed by atoms with Gasteiger partial charge >= 0.3 is 0 Å². The maximum absolute atomic E-state index is 6.04. The first kappa shape index (κ1) is 11.3. The lowest BCUT2D eigenvalue weighted by atomic mass is 10.1. The van der Waals surface area contributed by atoms with Crippen molar-refractivity contribution in [3.63, 3.8) is 0 Å². The van der Waals surface area contributed by atoms with Crippen LogP contribution >= 0.6 is 11.6 Å². The highest BCUT2D eigenvalue weighted by atomic mass is 35.5. The van der Waals surface area contributed by atoms with Gasteiger partial charge in [-0.15, -0.1) is 0 Å². The molecule has 90 valence electrons. The van der Waals surface area contributed by atoms with Crippen LogP contribution < -0.4 is 0 Å². The Bertz CT molecular complexity index is 728. The first-order valence-electron chi connectivity index (χ1n) is 5.87. The van der Waals surface area contributed by atoms with Crippen LogP contribution in [0, 0.1) is 13.8 Å². The molecule has 0 bridgehead atoms. The average Bonchev–Trinajstić information content (AvgIpc) is 2.69. The van der Waals surface area contributed by atoms with E-state index in [0.29, 0.717) is 0 Å². The standard InChI is InChI=1S/C15H13ClN2/c1-10-5-4-8-18-11(2)14(17-15(10)18)12-6-3-7-13(16)9-12/h3-9H,1-2H3. The van der Waals surface area contributed by atoms with Gasteiger partial charge in [0.15, 0.2) is 0 Å². The number of fused-ring (bicyclic) bond motifs is 1. The maximum atomic E-state index is 6.04. The fourth-order valence-corrected chi connectivity index (χ4v) is 2.42. The van der Waals surface area contributed by atoms with Gasteiger partial charge in [0.05, 0.1) is 5.69 Å². The van der Waals surface area contributed by atoms with E-state index in [1.807, 2.05) is 36.5 Å². The summed E-state index contributed by atoms with van der Waals surface area (Å²) in [5.74, 6) is 0. The van der Waals surface area contributed by atoms with E-state index in [-0.39, 0.29) is 0 Å². The first-order valence-corrected chi connectivity index (χ1v) is 6.25. The van der Waals surface area contributed by atoms with Crippen LogP contribution in [-0.4, -0.2) is 9.38 Å². The molecule has 0 saturated carbocycles. The second-order valence-corrected chi connectivity index (χ2v) is 4.88. The molecule has 3 heteroatoms. The highest BCUT2D eigenvalue weighted by molar-refractivity contribution is 6.30. The third kappa shape index (κ3) is 1.70. The molecule has 0 aliphatic rings. The topological polar surface area (TPSA) is 17.3 Å². The van der Waals surface area contributed by atoms with Gasteiger partial charge in [-0.1, -0.05) is 29.8 Å². The zero-order valence-corrected chi connectivity index (χ0v) is 11.1. The largest absolute Gasteiger partial charge is 0.303 e. The molecule has 0 unspecified atom stereocenters. The van der Waals surface area contributed by atoms with Crippen LogP contribution in [0.1, 0.15) is 11.3 Å². The molecule has 2 nitrogen and oxygen atoms in total. The molecule has 0 fully saturated rings. The van der Waals surface area contributed by atoms with E-state index < -0.39 is 0 Å². The van der Waals surface area contributed by atoms with Gasteiger partial charge < -0.3 is 4.40 Å². The van der Waals surface area contributed by atoms with Crippen LogP contribution in [0.25, 0.3) is 16.9 Å². The Morgan fingerprint density at radius 1 is 1.11 bits per heavy atom. The second kappa shape index (κ2) is 4.14. The lowest BCUT2D eigenvalue weighted by Gasteiger charge is -2.00. The molecule has 18 heavy (non-hydrogen) atoms. The molecule has 0 spiro atoms. The van der Waals surface area contributed by atoms with Crippen LogP contribution in [0.2, 0.25) is 5.02 Å². The second-order valence-electron chi connectivity index (χ2n) is 4.44. The number of imidazole rings is 1. The highest BCUT2D eigenvalue weighted by Crippen LogP contribution is 2.26. The molecule has 0 radical (unpaired) electrons. The minimum Gasteiger partial charge on any atom is -0.303 e. The number of pyridine rings is 1. The van der Waals surface area contributed by atoms with Crippen molar-refractivity contribution in [1.29, 1.82) is 0 Å². The van der Waals surface area contributed by atoms with E-state index in [0.717, 1.165) is 27.6 Å². The van der Waals surface area contributed by atoms with Crippen molar-refractivity contribution in [3.8, 4) is 11.3 Å². The van der Waals surface area contributed by atoms with Crippen LogP contribution in [0.15, 0.2) is 42.6 Å². The van der Waals surface area contributed by atoms with Gasteiger partial charge in [-0.05, 0) is 37.6 Å². The van der Waals surface area contributed by atoms with Crippen molar-refractivity contribution in [2.24, 2.45) is 0 Å². The fourth-order valence-electron chi connectivity index (χ4n) is 2.23. The van der Waals surface area contributed by atoms with E-state index in [2.05, 4.69) is 24.3 Å². The quantitative estimate of drug-likeness (QED) is 0.636. The molecule has 0 aliphatic heterocycles. The van der Waals surface area contributed by atoms with E-state index in [1.54, 1.807) is 0 Å². The summed E-state index contributed by atoms with van der Waals surface area (Å²) in [6.07, 6.45) is 2.04. The predicted molar refractivity (Wildman–Crippen MR) is 75.1 cm³/mol. The minimum atomic E-state index is 0.737. The normalized spacial score (nSPS) is 11.1. The van der Waals surface area contributed by atoms with Crippen LogP contribution in [0.3, 0.4) is 0 Å². The van der Waals surface area contributed by atoms with E-state index in [1.165, 1.54) is 5.56 Å². The van der Waals surface area contributed by atoms with E-state index >= 15 is 0 Å². The molecule has 0 saturated heterocycles. The fraction of sp³-hybridized carbons (Fsp3) is 0.133. The Morgan fingerprint density at radius 2 is 1.94 bits per heavy atom. The summed E-state index contributed by atoms with van der Waals surface area (Å²) in [6.45, 7) is 4.15. The number of hydrogen-bond donors (Lipinski definition) is 0. The molecule has 3 aromatic rings. The Balaban J connectivity index is 2.30. The molecule has 0 amide bonds. The van der Waals surface area contributed by atoms with Gasteiger partial charge in [-0.3, -0.25) is 0 Å².